The Morgan fingerprint density at radius 3 is 2.74 bits per heavy atom. The summed E-state index contributed by atoms with van der Waals surface area (Å²) in [5.74, 6) is 0.763. The van der Waals surface area contributed by atoms with Gasteiger partial charge in [-0.25, -0.2) is 4.98 Å². The second-order valence-electron chi connectivity index (χ2n) is 11.1. The molecule has 1 N–H and O–H groups in total. The minimum Gasteiger partial charge on any atom is -0.507 e. The van der Waals surface area contributed by atoms with E-state index in [1.165, 1.54) is 16.2 Å². The smallest absolute Gasteiger partial charge is 0.301 e. The Labute approximate surface area is 248 Å². The minimum absolute atomic E-state index is 0.00285. The van der Waals surface area contributed by atoms with E-state index < -0.39 is 17.7 Å². The summed E-state index contributed by atoms with van der Waals surface area (Å²) in [4.78, 5) is 33.5. The topological polar surface area (TPSA) is 98.2 Å². The highest BCUT2D eigenvalue weighted by molar-refractivity contribution is 7.22. The van der Waals surface area contributed by atoms with Crippen molar-refractivity contribution in [3.05, 3.63) is 82.9 Å². The van der Waals surface area contributed by atoms with Gasteiger partial charge in [0.15, 0.2) is 5.13 Å². The number of benzene rings is 3. The molecule has 0 radical (unpaired) electrons. The zero-order valence-electron chi connectivity index (χ0n) is 23.9. The number of rotatable bonds is 8. The van der Waals surface area contributed by atoms with Gasteiger partial charge in [-0.05, 0) is 78.9 Å². The van der Waals surface area contributed by atoms with Crippen molar-refractivity contribution in [2.75, 3.05) is 18.6 Å². The van der Waals surface area contributed by atoms with E-state index in [9.17, 15) is 14.7 Å². The number of aliphatic hydroxyl groups excluding tert-OH is 1. The van der Waals surface area contributed by atoms with E-state index in [0.29, 0.717) is 52.2 Å². The van der Waals surface area contributed by atoms with Crippen molar-refractivity contribution in [3.8, 4) is 17.2 Å². The van der Waals surface area contributed by atoms with Gasteiger partial charge < -0.3 is 19.3 Å². The molecule has 2 aliphatic rings. The molecule has 0 aliphatic carbocycles. The highest BCUT2D eigenvalue weighted by atomic mass is 32.1. The molecule has 2 atom stereocenters. The molecule has 1 fully saturated rings. The highest BCUT2D eigenvalue weighted by Crippen LogP contribution is 2.45. The number of nitrogens with zero attached hydrogens (tertiary/aromatic N) is 2. The predicted molar refractivity (Wildman–Crippen MR) is 163 cm³/mol. The first-order chi connectivity index (χ1) is 20.2. The molecule has 1 aromatic heterocycles. The van der Waals surface area contributed by atoms with Crippen LogP contribution >= 0.6 is 11.3 Å². The molecular formula is C33H32N2O6S. The third-order valence-electron chi connectivity index (χ3n) is 7.54. The Morgan fingerprint density at radius 1 is 1.12 bits per heavy atom. The van der Waals surface area contributed by atoms with E-state index in [1.54, 1.807) is 25.3 Å². The zero-order chi connectivity index (χ0) is 29.5. The molecule has 1 saturated heterocycles. The van der Waals surface area contributed by atoms with Crippen LogP contribution in [-0.2, 0) is 16.0 Å². The van der Waals surface area contributed by atoms with Gasteiger partial charge >= 0.3 is 5.91 Å². The number of hydrogen-bond donors (Lipinski definition) is 1. The number of ketones is 1. The lowest BCUT2D eigenvalue weighted by atomic mass is 9.94. The first-order valence-corrected chi connectivity index (χ1v) is 14.8. The molecule has 1 amide bonds. The van der Waals surface area contributed by atoms with Gasteiger partial charge in [0.25, 0.3) is 5.78 Å². The van der Waals surface area contributed by atoms with E-state index in [2.05, 4.69) is 13.8 Å². The number of aliphatic hydroxyl groups is 1. The minimum atomic E-state index is -0.912. The summed E-state index contributed by atoms with van der Waals surface area (Å²) < 4.78 is 18.0. The maximum atomic E-state index is 13.7. The maximum Gasteiger partial charge on any atom is 0.301 e. The maximum absolute atomic E-state index is 13.7. The number of methoxy groups -OCH3 is 1. The quantitative estimate of drug-likeness (QED) is 0.140. The van der Waals surface area contributed by atoms with Crippen LogP contribution in [0.15, 0.2) is 66.2 Å². The van der Waals surface area contributed by atoms with Crippen LogP contribution in [0.5, 0.6) is 17.2 Å². The van der Waals surface area contributed by atoms with Crippen LogP contribution in [0.2, 0.25) is 0 Å². The van der Waals surface area contributed by atoms with Crippen molar-refractivity contribution in [2.24, 2.45) is 5.92 Å². The van der Waals surface area contributed by atoms with Crippen LogP contribution in [-0.4, -0.2) is 41.6 Å². The number of carbonyl (C=O) groups is 2. The lowest BCUT2D eigenvalue weighted by molar-refractivity contribution is -0.132. The number of ether oxygens (including phenoxy) is 3. The second-order valence-corrected chi connectivity index (χ2v) is 12.1. The summed E-state index contributed by atoms with van der Waals surface area (Å²) >= 11 is 1.29. The fraction of sp³-hybridized carbons (Fsp3) is 0.303. The van der Waals surface area contributed by atoms with Gasteiger partial charge in [-0.2, -0.15) is 0 Å². The van der Waals surface area contributed by atoms with Crippen LogP contribution in [0.3, 0.4) is 0 Å². The van der Waals surface area contributed by atoms with Crippen molar-refractivity contribution < 1.29 is 28.9 Å². The molecule has 3 heterocycles. The van der Waals surface area contributed by atoms with Crippen LogP contribution in [0.25, 0.3) is 16.0 Å². The fourth-order valence-electron chi connectivity index (χ4n) is 5.38. The number of hydrogen-bond acceptors (Lipinski definition) is 8. The molecule has 3 aromatic carbocycles. The largest absolute Gasteiger partial charge is 0.507 e. The highest BCUT2D eigenvalue weighted by Gasteiger charge is 2.48. The number of fused-ring (bicyclic) bond motifs is 2. The van der Waals surface area contributed by atoms with Crippen molar-refractivity contribution in [3.63, 3.8) is 0 Å². The summed E-state index contributed by atoms with van der Waals surface area (Å²) in [7, 11) is 1.59. The van der Waals surface area contributed by atoms with Crippen LogP contribution < -0.4 is 19.1 Å². The van der Waals surface area contributed by atoms with Gasteiger partial charge in [0.05, 0.1) is 35.5 Å². The van der Waals surface area contributed by atoms with Gasteiger partial charge in [-0.15, -0.1) is 0 Å². The number of Topliss-reactive ketones (excluding diaryl/α,β-unsaturated/α-hetero) is 1. The summed E-state index contributed by atoms with van der Waals surface area (Å²) in [6.45, 7) is 6.78. The SMILES string of the molecule is COc1ccc2nc(N3C(=O)C(=O)/C(=C(/O)c4ccc5c(c4)C[C@H](C)O5)[C@H]3c3cccc(OCCC(C)C)c3)sc2c1. The van der Waals surface area contributed by atoms with Crippen LogP contribution in [0.4, 0.5) is 5.13 Å². The molecule has 42 heavy (non-hydrogen) atoms. The van der Waals surface area contributed by atoms with E-state index in [-0.39, 0.29) is 17.4 Å². The lowest BCUT2D eigenvalue weighted by Gasteiger charge is -2.23. The third-order valence-corrected chi connectivity index (χ3v) is 8.56. The Morgan fingerprint density at radius 2 is 1.95 bits per heavy atom. The number of carbonyl (C=O) groups excluding carboxylic acids is 2. The van der Waals surface area contributed by atoms with Crippen molar-refractivity contribution >= 4 is 44.1 Å². The first kappa shape index (κ1) is 27.8. The molecule has 0 unspecified atom stereocenters. The van der Waals surface area contributed by atoms with Crippen molar-refractivity contribution in [1.29, 1.82) is 0 Å². The molecule has 6 rings (SSSR count). The standard InChI is InChI=1S/C33H32N2O6S/c1-18(2)12-13-40-24-7-5-6-20(16-24)29-28(30(36)21-8-11-26-22(15-21)14-19(3)41-26)31(37)32(38)35(29)33-34-25-10-9-23(39-4)17-27(25)42-33/h5-11,15-19,29,36H,12-14H2,1-4H3/b30-28+/t19-,29+/m0/s1. The van der Waals surface area contributed by atoms with E-state index >= 15 is 0 Å². The number of thiazole rings is 1. The average Bonchev–Trinajstić information content (AvgIpc) is 3.64. The third kappa shape index (κ3) is 5.09. The number of aromatic nitrogens is 1. The number of amides is 1. The summed E-state index contributed by atoms with van der Waals surface area (Å²) in [5.41, 5.74) is 2.71. The molecule has 0 bridgehead atoms. The molecular weight excluding hydrogens is 552 g/mol. The van der Waals surface area contributed by atoms with Crippen molar-refractivity contribution in [1.82, 2.24) is 4.98 Å². The molecule has 9 heteroatoms. The van der Waals surface area contributed by atoms with Crippen LogP contribution in [0.1, 0.15) is 49.9 Å². The second kappa shape index (κ2) is 11.1. The number of anilines is 1. The molecule has 2 aliphatic heterocycles. The van der Waals surface area contributed by atoms with Crippen LogP contribution in [0, 0.1) is 5.92 Å². The summed E-state index contributed by atoms with van der Waals surface area (Å²) in [6.07, 6.45) is 1.61. The normalized spacial score (nSPS) is 19.4. The predicted octanol–water partition coefficient (Wildman–Crippen LogP) is 6.68. The van der Waals surface area contributed by atoms with E-state index in [4.69, 9.17) is 19.2 Å². The monoisotopic (exact) mass is 584 g/mol. The molecule has 8 nitrogen and oxygen atoms in total. The molecule has 0 spiro atoms. The van der Waals surface area contributed by atoms with E-state index in [1.807, 2.05) is 49.4 Å². The Kier molecular flexibility index (Phi) is 7.36. The summed E-state index contributed by atoms with van der Waals surface area (Å²) in [5, 5.41) is 12.0. The van der Waals surface area contributed by atoms with Crippen molar-refractivity contribution in [2.45, 2.75) is 45.8 Å². The van der Waals surface area contributed by atoms with Gasteiger partial charge in [-0.3, -0.25) is 14.5 Å². The Balaban J connectivity index is 1.48. The molecule has 4 aromatic rings. The Hall–Kier alpha value is -4.37. The molecule has 0 saturated carbocycles. The van der Waals surface area contributed by atoms with Gasteiger partial charge in [0, 0.05) is 12.0 Å². The fourth-order valence-corrected chi connectivity index (χ4v) is 6.40. The Bertz CT molecular complexity index is 1720. The van der Waals surface area contributed by atoms with Gasteiger partial charge in [0.1, 0.15) is 29.1 Å². The molecule has 216 valence electrons. The average molecular weight is 585 g/mol. The first-order valence-electron chi connectivity index (χ1n) is 14.0. The zero-order valence-corrected chi connectivity index (χ0v) is 24.7. The lowest BCUT2D eigenvalue weighted by Crippen LogP contribution is -2.29. The van der Waals surface area contributed by atoms with Gasteiger partial charge in [-0.1, -0.05) is 37.3 Å². The summed E-state index contributed by atoms with van der Waals surface area (Å²) in [6, 6.07) is 17.2. The van der Waals surface area contributed by atoms with E-state index in [0.717, 1.165) is 22.4 Å². The van der Waals surface area contributed by atoms with Gasteiger partial charge in [0.2, 0.25) is 0 Å².